The second-order valence-corrected chi connectivity index (χ2v) is 12.4. The molecule has 1 fully saturated rings. The highest BCUT2D eigenvalue weighted by Crippen LogP contribution is 2.40. The molecular weight excluding hydrogens is 629 g/mol. The van der Waals surface area contributed by atoms with E-state index in [4.69, 9.17) is 4.74 Å². The highest BCUT2D eigenvalue weighted by atomic mass is 35.5. The number of likely N-dealkylation sites (tertiary alicyclic amines) is 1. The number of rotatable bonds is 13. The molecule has 3 N–H and O–H groups in total. The summed E-state index contributed by atoms with van der Waals surface area (Å²) in [5, 5.41) is 22.1. The van der Waals surface area contributed by atoms with E-state index in [1.54, 1.807) is 18.2 Å². The van der Waals surface area contributed by atoms with E-state index >= 15 is 0 Å². The number of hydrogen-bond donors (Lipinski definition) is 3. The Labute approximate surface area is 281 Å². The second kappa shape index (κ2) is 17.3. The predicted molar refractivity (Wildman–Crippen MR) is 180 cm³/mol. The van der Waals surface area contributed by atoms with Gasteiger partial charge in [-0.15, -0.1) is 12.4 Å². The van der Waals surface area contributed by atoms with Crippen LogP contribution in [0.2, 0.25) is 0 Å². The highest BCUT2D eigenvalue weighted by Gasteiger charge is 2.30. The quantitative estimate of drug-likeness (QED) is 0.166. The molecule has 3 aromatic carbocycles. The lowest BCUT2D eigenvalue weighted by Gasteiger charge is -2.34. The van der Waals surface area contributed by atoms with Crippen molar-refractivity contribution in [1.82, 2.24) is 10.2 Å². The first-order valence-corrected chi connectivity index (χ1v) is 16.6. The largest absolute Gasteiger partial charge is 0.493 e. The second-order valence-electron chi connectivity index (χ2n) is 12.4. The third-order valence-electron chi connectivity index (χ3n) is 9.33. The van der Waals surface area contributed by atoms with Crippen molar-refractivity contribution in [3.8, 4) is 16.9 Å². The van der Waals surface area contributed by atoms with Gasteiger partial charge in [-0.1, -0.05) is 30.3 Å². The van der Waals surface area contributed by atoms with Crippen LogP contribution < -0.4 is 10.1 Å². The monoisotopic (exact) mass is 674 g/mol. The van der Waals surface area contributed by atoms with Gasteiger partial charge < -0.3 is 25.2 Å². The molecule has 0 atom stereocenters. The molecule has 6 nitrogen and oxygen atoms in total. The summed E-state index contributed by atoms with van der Waals surface area (Å²) in [6.45, 7) is 3.92. The molecule has 0 aromatic heterocycles. The van der Waals surface area contributed by atoms with Crippen molar-refractivity contribution >= 4 is 18.3 Å². The van der Waals surface area contributed by atoms with Crippen LogP contribution >= 0.6 is 12.4 Å². The maximum absolute atomic E-state index is 12.9. The lowest BCUT2D eigenvalue weighted by molar-refractivity contribution is -0.137. The van der Waals surface area contributed by atoms with Gasteiger partial charge in [-0.3, -0.25) is 4.79 Å². The SMILES string of the molecule is Cl.O=C(NCCCCN1CCC(c2ccc3c(c2OCCCO)CCCC3)CC1)c1ccc(-c2ccc(C(F)(F)F)cc2)c(CO)c1. The number of fused-ring (bicyclic) bond motifs is 1. The standard InChI is InChI=1S/C37H45F3N2O4.ClH/c38-37(39,40)31-12-8-27(9-13-31)32-14-11-29(24-30(32)25-44)36(45)41-18-3-4-19-42-20-16-28(17-21-42)34-15-10-26-6-1-2-7-33(26)35(34)46-23-5-22-43;/h8-15,24,28,43-44H,1-7,16-23,25H2,(H,41,45);1H. The number of ether oxygens (including phenoxy) is 1. The van der Waals surface area contributed by atoms with Gasteiger partial charge in [0, 0.05) is 25.1 Å². The van der Waals surface area contributed by atoms with Crippen LogP contribution in [-0.2, 0) is 25.6 Å². The molecule has 0 spiro atoms. The first kappa shape index (κ1) is 36.7. The van der Waals surface area contributed by atoms with Crippen LogP contribution in [-0.4, -0.2) is 60.4 Å². The predicted octanol–water partition coefficient (Wildman–Crippen LogP) is 7.32. The van der Waals surface area contributed by atoms with Gasteiger partial charge >= 0.3 is 6.18 Å². The fourth-order valence-electron chi connectivity index (χ4n) is 6.76. The van der Waals surface area contributed by atoms with Crippen molar-refractivity contribution in [1.29, 1.82) is 0 Å². The van der Waals surface area contributed by atoms with E-state index in [1.165, 1.54) is 41.7 Å². The Hall–Kier alpha value is -3.11. The van der Waals surface area contributed by atoms with Gasteiger partial charge in [0.05, 0.1) is 18.8 Å². The maximum Gasteiger partial charge on any atom is 0.416 e. The van der Waals surface area contributed by atoms with Crippen LogP contribution in [0.5, 0.6) is 5.75 Å². The zero-order valence-electron chi connectivity index (χ0n) is 26.8. The first-order valence-electron chi connectivity index (χ1n) is 16.6. The van der Waals surface area contributed by atoms with Crippen LogP contribution in [0.15, 0.2) is 54.6 Å². The number of amides is 1. The number of carbonyl (C=O) groups is 1. The summed E-state index contributed by atoms with van der Waals surface area (Å²) in [7, 11) is 0. The van der Waals surface area contributed by atoms with E-state index in [0.29, 0.717) is 47.7 Å². The van der Waals surface area contributed by atoms with Crippen molar-refractivity contribution in [2.75, 3.05) is 39.4 Å². The van der Waals surface area contributed by atoms with Gasteiger partial charge in [-0.2, -0.15) is 13.2 Å². The van der Waals surface area contributed by atoms with E-state index in [1.807, 2.05) is 0 Å². The molecule has 0 unspecified atom stereocenters. The third-order valence-corrected chi connectivity index (χ3v) is 9.33. The van der Waals surface area contributed by atoms with E-state index in [0.717, 1.165) is 76.0 Å². The Morgan fingerprint density at radius 2 is 1.68 bits per heavy atom. The summed E-state index contributed by atoms with van der Waals surface area (Å²) >= 11 is 0. The number of nitrogens with one attached hydrogen (secondary N) is 1. The Balaban J connectivity index is 0.00000500. The topological polar surface area (TPSA) is 82.0 Å². The van der Waals surface area contributed by atoms with E-state index in [-0.39, 0.29) is 31.5 Å². The van der Waals surface area contributed by atoms with Crippen LogP contribution in [0.25, 0.3) is 11.1 Å². The summed E-state index contributed by atoms with van der Waals surface area (Å²) in [5.74, 6) is 1.32. The molecule has 3 aromatic rings. The minimum absolute atomic E-state index is 0. The highest BCUT2D eigenvalue weighted by molar-refractivity contribution is 5.95. The zero-order chi connectivity index (χ0) is 32.5. The molecule has 256 valence electrons. The first-order chi connectivity index (χ1) is 22.3. The summed E-state index contributed by atoms with van der Waals surface area (Å²) in [6, 6.07) is 14.3. The average Bonchev–Trinajstić information content (AvgIpc) is 3.08. The molecule has 2 aliphatic rings. The van der Waals surface area contributed by atoms with Crippen LogP contribution in [0.1, 0.15) is 89.0 Å². The Kier molecular flexibility index (Phi) is 13.5. The molecule has 1 heterocycles. The van der Waals surface area contributed by atoms with Crippen molar-refractivity contribution in [2.45, 2.75) is 76.5 Å². The van der Waals surface area contributed by atoms with Crippen LogP contribution in [0.3, 0.4) is 0 Å². The van der Waals surface area contributed by atoms with Crippen LogP contribution in [0.4, 0.5) is 13.2 Å². The van der Waals surface area contributed by atoms with Gasteiger partial charge in [0.15, 0.2) is 0 Å². The van der Waals surface area contributed by atoms with E-state index in [2.05, 4.69) is 22.3 Å². The fourth-order valence-corrected chi connectivity index (χ4v) is 6.76. The number of alkyl halides is 3. The van der Waals surface area contributed by atoms with Crippen molar-refractivity contribution < 1.29 is 32.9 Å². The molecule has 5 rings (SSSR count). The van der Waals surface area contributed by atoms with Crippen molar-refractivity contribution in [3.63, 3.8) is 0 Å². The molecule has 1 aliphatic heterocycles. The molecule has 1 saturated heterocycles. The van der Waals surface area contributed by atoms with E-state index in [9.17, 15) is 28.2 Å². The molecule has 0 radical (unpaired) electrons. The molecule has 47 heavy (non-hydrogen) atoms. The number of piperidine rings is 1. The number of halogens is 4. The summed E-state index contributed by atoms with van der Waals surface area (Å²) in [5.41, 5.74) is 5.42. The van der Waals surface area contributed by atoms with Gasteiger partial charge in [-0.25, -0.2) is 0 Å². The normalized spacial score (nSPS) is 15.5. The fraction of sp³-hybridized carbons (Fsp3) is 0.486. The number of hydrogen-bond acceptors (Lipinski definition) is 5. The number of aliphatic hydroxyl groups is 2. The third kappa shape index (κ3) is 9.50. The van der Waals surface area contributed by atoms with Gasteiger partial charge in [-0.05, 0) is 135 Å². The van der Waals surface area contributed by atoms with Crippen molar-refractivity contribution in [3.05, 3.63) is 88.0 Å². The Morgan fingerprint density at radius 1 is 0.936 bits per heavy atom. The Morgan fingerprint density at radius 3 is 2.38 bits per heavy atom. The number of aryl methyl sites for hydroxylation is 1. The number of carbonyl (C=O) groups excluding carboxylic acids is 1. The molecule has 1 amide bonds. The maximum atomic E-state index is 12.9. The van der Waals surface area contributed by atoms with Crippen molar-refractivity contribution in [2.24, 2.45) is 0 Å². The summed E-state index contributed by atoms with van der Waals surface area (Å²) in [4.78, 5) is 15.3. The van der Waals surface area contributed by atoms with E-state index < -0.39 is 11.7 Å². The van der Waals surface area contributed by atoms with Gasteiger partial charge in [0.2, 0.25) is 0 Å². The number of nitrogens with zero attached hydrogens (tertiary/aromatic N) is 1. The average molecular weight is 675 g/mol. The zero-order valence-corrected chi connectivity index (χ0v) is 27.6. The Bertz CT molecular complexity index is 1460. The minimum atomic E-state index is -4.42. The number of aliphatic hydroxyl groups excluding tert-OH is 2. The molecule has 10 heteroatoms. The lowest BCUT2D eigenvalue weighted by atomic mass is 9.83. The molecular formula is C37H46ClF3N2O4. The molecule has 1 aliphatic carbocycles. The molecule has 0 bridgehead atoms. The van der Waals surface area contributed by atoms with Crippen LogP contribution in [0, 0.1) is 0 Å². The van der Waals surface area contributed by atoms with Gasteiger partial charge in [0.1, 0.15) is 5.75 Å². The lowest BCUT2D eigenvalue weighted by Crippen LogP contribution is -2.34. The summed E-state index contributed by atoms with van der Waals surface area (Å²) < 4.78 is 45.1. The summed E-state index contributed by atoms with van der Waals surface area (Å²) in [6.07, 6.45) is 4.83. The minimum Gasteiger partial charge on any atom is -0.493 e. The number of benzene rings is 3. The van der Waals surface area contributed by atoms with Gasteiger partial charge in [0.25, 0.3) is 5.91 Å². The number of unbranched alkanes of at least 4 members (excludes halogenated alkanes) is 1. The molecule has 0 saturated carbocycles. The smallest absolute Gasteiger partial charge is 0.416 e.